The maximum Gasteiger partial charge on any atom is 0.139 e. The Morgan fingerprint density at radius 2 is 1.88 bits per heavy atom. The second-order valence-corrected chi connectivity index (χ2v) is 5.43. The molecular formula is C11H12BrCl2NO. The highest BCUT2D eigenvalue weighted by Gasteiger charge is 2.16. The molecule has 2 rings (SSSR count). The molecule has 0 bridgehead atoms. The van der Waals surface area contributed by atoms with Gasteiger partial charge in [0.2, 0.25) is 0 Å². The predicted molar refractivity (Wildman–Crippen MR) is 70.7 cm³/mol. The lowest BCUT2D eigenvalue weighted by molar-refractivity contribution is 0.162. The molecule has 0 amide bonds. The summed E-state index contributed by atoms with van der Waals surface area (Å²) < 4.78 is 6.63. The van der Waals surface area contributed by atoms with Crippen molar-refractivity contribution in [1.82, 2.24) is 5.32 Å². The van der Waals surface area contributed by atoms with Gasteiger partial charge in [-0.2, -0.15) is 0 Å². The van der Waals surface area contributed by atoms with Crippen LogP contribution in [0, 0.1) is 0 Å². The van der Waals surface area contributed by atoms with Gasteiger partial charge in [0.1, 0.15) is 11.9 Å². The SMILES string of the molecule is Clc1cc(OC2CCNCC2)c(Cl)cc1Br. The molecule has 2 nitrogen and oxygen atoms in total. The van der Waals surface area contributed by atoms with E-state index >= 15 is 0 Å². The lowest BCUT2D eigenvalue weighted by atomic mass is 10.1. The van der Waals surface area contributed by atoms with Crippen LogP contribution in [0.15, 0.2) is 16.6 Å². The van der Waals surface area contributed by atoms with E-state index in [1.54, 1.807) is 12.1 Å². The highest BCUT2D eigenvalue weighted by molar-refractivity contribution is 9.10. The normalized spacial score (nSPS) is 17.4. The first-order valence-electron chi connectivity index (χ1n) is 5.19. The molecule has 1 aliphatic heterocycles. The zero-order valence-corrected chi connectivity index (χ0v) is 11.7. The maximum atomic E-state index is 6.09. The van der Waals surface area contributed by atoms with Crippen LogP contribution in [-0.2, 0) is 0 Å². The van der Waals surface area contributed by atoms with Crippen molar-refractivity contribution in [3.05, 3.63) is 26.7 Å². The molecule has 0 radical (unpaired) electrons. The van der Waals surface area contributed by atoms with Crippen LogP contribution in [0.2, 0.25) is 10.0 Å². The van der Waals surface area contributed by atoms with Gasteiger partial charge >= 0.3 is 0 Å². The summed E-state index contributed by atoms with van der Waals surface area (Å²) in [5.74, 6) is 0.668. The minimum Gasteiger partial charge on any atom is -0.489 e. The van der Waals surface area contributed by atoms with E-state index in [0.717, 1.165) is 30.4 Å². The second kappa shape index (κ2) is 5.58. The molecule has 0 spiro atoms. The Morgan fingerprint density at radius 1 is 1.19 bits per heavy atom. The fourth-order valence-electron chi connectivity index (χ4n) is 1.69. The summed E-state index contributed by atoms with van der Waals surface area (Å²) in [4.78, 5) is 0. The van der Waals surface area contributed by atoms with Crippen LogP contribution in [0.3, 0.4) is 0 Å². The second-order valence-electron chi connectivity index (χ2n) is 3.76. The van der Waals surface area contributed by atoms with Crippen LogP contribution < -0.4 is 10.1 Å². The molecule has 88 valence electrons. The first-order chi connectivity index (χ1) is 7.66. The van der Waals surface area contributed by atoms with Crippen LogP contribution in [0.5, 0.6) is 5.75 Å². The van der Waals surface area contributed by atoms with Gasteiger partial charge in [0.25, 0.3) is 0 Å². The van der Waals surface area contributed by atoms with Crippen molar-refractivity contribution >= 4 is 39.1 Å². The standard InChI is InChI=1S/C11H12BrCl2NO/c12-8-5-10(14)11(6-9(8)13)16-7-1-3-15-4-2-7/h5-7,15H,1-4H2. The summed E-state index contributed by atoms with van der Waals surface area (Å²) in [6.45, 7) is 1.99. The molecule has 1 heterocycles. The van der Waals surface area contributed by atoms with E-state index in [2.05, 4.69) is 21.2 Å². The van der Waals surface area contributed by atoms with Crippen LogP contribution in [0.4, 0.5) is 0 Å². The van der Waals surface area contributed by atoms with E-state index in [1.807, 2.05) is 0 Å². The highest BCUT2D eigenvalue weighted by atomic mass is 79.9. The molecule has 0 aliphatic carbocycles. The van der Waals surface area contributed by atoms with Gasteiger partial charge in [-0.3, -0.25) is 0 Å². The molecule has 0 unspecified atom stereocenters. The molecule has 1 fully saturated rings. The summed E-state index contributed by atoms with van der Waals surface area (Å²) in [6.07, 6.45) is 2.24. The van der Waals surface area contributed by atoms with E-state index in [9.17, 15) is 0 Å². The summed E-state index contributed by atoms with van der Waals surface area (Å²) in [5.41, 5.74) is 0. The predicted octanol–water partition coefficient (Wildman–Crippen LogP) is 3.89. The molecule has 16 heavy (non-hydrogen) atoms. The fraction of sp³-hybridized carbons (Fsp3) is 0.455. The molecule has 5 heteroatoms. The molecule has 1 aliphatic rings. The lowest BCUT2D eigenvalue weighted by Gasteiger charge is -2.24. The van der Waals surface area contributed by atoms with Gasteiger partial charge in [-0.15, -0.1) is 0 Å². The number of nitrogens with one attached hydrogen (secondary N) is 1. The average molecular weight is 325 g/mol. The van der Waals surface area contributed by atoms with E-state index in [-0.39, 0.29) is 6.10 Å². The molecule has 1 aromatic carbocycles. The van der Waals surface area contributed by atoms with Gasteiger partial charge in [0.15, 0.2) is 0 Å². The smallest absolute Gasteiger partial charge is 0.139 e. The van der Waals surface area contributed by atoms with Crippen molar-refractivity contribution in [2.24, 2.45) is 0 Å². The monoisotopic (exact) mass is 323 g/mol. The number of piperidine rings is 1. The fourth-order valence-corrected chi connectivity index (χ4v) is 2.52. The summed E-state index contributed by atoms with van der Waals surface area (Å²) in [7, 11) is 0. The number of ether oxygens (including phenoxy) is 1. The van der Waals surface area contributed by atoms with Crippen molar-refractivity contribution in [3.63, 3.8) is 0 Å². The molecule has 0 atom stereocenters. The molecule has 1 aromatic rings. The van der Waals surface area contributed by atoms with Crippen LogP contribution in [0.1, 0.15) is 12.8 Å². The van der Waals surface area contributed by atoms with Crippen molar-refractivity contribution < 1.29 is 4.74 Å². The van der Waals surface area contributed by atoms with Crippen molar-refractivity contribution in [2.75, 3.05) is 13.1 Å². The zero-order chi connectivity index (χ0) is 11.5. The third kappa shape index (κ3) is 3.04. The molecule has 0 saturated carbocycles. The lowest BCUT2D eigenvalue weighted by Crippen LogP contribution is -2.34. The molecular weight excluding hydrogens is 313 g/mol. The molecule has 0 aromatic heterocycles. The van der Waals surface area contributed by atoms with Gasteiger partial charge in [0, 0.05) is 10.5 Å². The first kappa shape index (κ1) is 12.5. The van der Waals surface area contributed by atoms with Crippen LogP contribution in [0.25, 0.3) is 0 Å². The van der Waals surface area contributed by atoms with E-state index in [0.29, 0.717) is 15.8 Å². The van der Waals surface area contributed by atoms with Crippen molar-refractivity contribution in [3.8, 4) is 5.75 Å². The maximum absolute atomic E-state index is 6.09. The Morgan fingerprint density at radius 3 is 2.56 bits per heavy atom. The quantitative estimate of drug-likeness (QED) is 0.833. The van der Waals surface area contributed by atoms with Gasteiger partial charge in [-0.25, -0.2) is 0 Å². The van der Waals surface area contributed by atoms with E-state index in [1.165, 1.54) is 0 Å². The van der Waals surface area contributed by atoms with Gasteiger partial charge < -0.3 is 10.1 Å². The Kier molecular flexibility index (Phi) is 4.36. The third-order valence-electron chi connectivity index (χ3n) is 2.55. The van der Waals surface area contributed by atoms with E-state index < -0.39 is 0 Å². The summed E-state index contributed by atoms with van der Waals surface area (Å²) >= 11 is 15.4. The molecule has 1 N–H and O–H groups in total. The van der Waals surface area contributed by atoms with E-state index in [4.69, 9.17) is 27.9 Å². The topological polar surface area (TPSA) is 21.3 Å². The number of rotatable bonds is 2. The first-order valence-corrected chi connectivity index (χ1v) is 6.73. The van der Waals surface area contributed by atoms with Crippen molar-refractivity contribution in [1.29, 1.82) is 0 Å². The Hall–Kier alpha value is 0.0400. The average Bonchev–Trinajstić information content (AvgIpc) is 2.27. The van der Waals surface area contributed by atoms with Crippen molar-refractivity contribution in [2.45, 2.75) is 18.9 Å². The number of hydrogen-bond acceptors (Lipinski definition) is 2. The number of hydrogen-bond donors (Lipinski definition) is 1. The summed E-state index contributed by atoms with van der Waals surface area (Å²) in [5, 5.41) is 4.50. The third-order valence-corrected chi connectivity index (χ3v) is 4.05. The highest BCUT2D eigenvalue weighted by Crippen LogP contribution is 2.35. The Balaban J connectivity index is 2.11. The zero-order valence-electron chi connectivity index (χ0n) is 8.60. The minimum atomic E-state index is 0.232. The summed E-state index contributed by atoms with van der Waals surface area (Å²) in [6, 6.07) is 3.52. The Labute approximate surface area is 113 Å². The minimum absolute atomic E-state index is 0.232. The molecule has 1 saturated heterocycles. The van der Waals surface area contributed by atoms with Gasteiger partial charge in [-0.1, -0.05) is 23.2 Å². The van der Waals surface area contributed by atoms with Crippen LogP contribution >= 0.6 is 39.1 Å². The number of halogens is 3. The van der Waals surface area contributed by atoms with Crippen LogP contribution in [-0.4, -0.2) is 19.2 Å². The van der Waals surface area contributed by atoms with Gasteiger partial charge in [-0.05, 0) is 47.9 Å². The Bertz CT molecular complexity index is 380. The number of benzene rings is 1. The van der Waals surface area contributed by atoms with Gasteiger partial charge in [0.05, 0.1) is 10.0 Å². The largest absolute Gasteiger partial charge is 0.489 e.